The molecule has 0 atom stereocenters. The van der Waals surface area contributed by atoms with Crippen molar-refractivity contribution >= 4 is 44.4 Å². The monoisotopic (exact) mass is 608 g/mol. The van der Waals surface area contributed by atoms with Crippen LogP contribution >= 0.6 is 0 Å². The molecular weight excluding hydrogens is 569 g/mol. The molecule has 1 fully saturated rings. The zero-order chi connectivity index (χ0) is 31.9. The molecule has 7 aromatic rings. The molecule has 0 saturated heterocycles. The summed E-state index contributed by atoms with van der Waals surface area (Å²) in [5.41, 5.74) is 15.4. The first kappa shape index (κ1) is 29.1. The normalized spacial score (nSPS) is 12.9. The second kappa shape index (κ2) is 12.1. The number of nitrogens with zero attached hydrogens (tertiary/aromatic N) is 2. The second-order valence-corrected chi connectivity index (χ2v) is 13.1. The maximum atomic E-state index is 2.46. The summed E-state index contributed by atoms with van der Waals surface area (Å²) in [6.45, 7) is 6.83. The number of aromatic nitrogens is 1. The summed E-state index contributed by atoms with van der Waals surface area (Å²) in [6.07, 6.45) is 3.68. The topological polar surface area (TPSA) is 8.17 Å². The zero-order valence-corrected chi connectivity index (χ0v) is 27.4. The van der Waals surface area contributed by atoms with E-state index in [9.17, 15) is 0 Å². The average molecular weight is 609 g/mol. The molecule has 0 unspecified atom stereocenters. The molecule has 0 radical (unpaired) electrons. The van der Waals surface area contributed by atoms with Crippen molar-refractivity contribution in [3.8, 4) is 5.69 Å². The molecule has 0 bridgehead atoms. The number of aryl methyl sites for hydroxylation is 1. The number of anilines is 3. The SMILES string of the molecule is Cc1ccccc1N(c1ccccc1)c1cc2c3ccccc3n(-c3ccc(C(=C4CCC4)c4ccccc4)cc3)c2cc1C(C)C. The van der Waals surface area contributed by atoms with Gasteiger partial charge in [-0.3, -0.25) is 0 Å². The van der Waals surface area contributed by atoms with Gasteiger partial charge >= 0.3 is 0 Å². The number of hydrogen-bond acceptors (Lipinski definition) is 1. The van der Waals surface area contributed by atoms with Gasteiger partial charge in [-0.1, -0.05) is 116 Å². The van der Waals surface area contributed by atoms with Gasteiger partial charge in [0, 0.05) is 27.8 Å². The molecule has 2 heteroatoms. The van der Waals surface area contributed by atoms with Gasteiger partial charge in [-0.15, -0.1) is 0 Å². The van der Waals surface area contributed by atoms with Gasteiger partial charge in [-0.2, -0.15) is 0 Å². The van der Waals surface area contributed by atoms with Crippen molar-refractivity contribution in [2.24, 2.45) is 0 Å². The van der Waals surface area contributed by atoms with Crippen LogP contribution in [0.4, 0.5) is 17.1 Å². The first-order chi connectivity index (χ1) is 23.1. The van der Waals surface area contributed by atoms with Gasteiger partial charge < -0.3 is 9.47 Å². The Labute approximate surface area is 278 Å². The lowest BCUT2D eigenvalue weighted by molar-refractivity contribution is 0.666. The fourth-order valence-electron chi connectivity index (χ4n) is 7.31. The lowest BCUT2D eigenvalue weighted by Crippen LogP contribution is -2.14. The Balaban J connectivity index is 1.33. The molecular formula is C45H40N2. The maximum absolute atomic E-state index is 2.46. The number of fused-ring (bicyclic) bond motifs is 3. The van der Waals surface area contributed by atoms with E-state index in [1.54, 1.807) is 5.57 Å². The van der Waals surface area contributed by atoms with Crippen molar-refractivity contribution in [1.82, 2.24) is 4.57 Å². The molecule has 8 rings (SSSR count). The summed E-state index contributed by atoms with van der Waals surface area (Å²) in [7, 11) is 0. The lowest BCUT2D eigenvalue weighted by Gasteiger charge is -2.30. The largest absolute Gasteiger partial charge is 0.310 e. The van der Waals surface area contributed by atoms with E-state index in [0.29, 0.717) is 5.92 Å². The average Bonchev–Trinajstić information content (AvgIpc) is 3.41. The highest BCUT2D eigenvalue weighted by molar-refractivity contribution is 6.11. The van der Waals surface area contributed by atoms with Gasteiger partial charge in [0.05, 0.1) is 16.7 Å². The number of rotatable bonds is 7. The molecule has 1 aliphatic carbocycles. The fourth-order valence-corrected chi connectivity index (χ4v) is 7.31. The first-order valence-corrected chi connectivity index (χ1v) is 16.9. The molecule has 6 aromatic carbocycles. The Morgan fingerprint density at radius 1 is 0.596 bits per heavy atom. The van der Waals surface area contributed by atoms with Crippen molar-refractivity contribution in [3.05, 3.63) is 173 Å². The van der Waals surface area contributed by atoms with E-state index in [1.807, 2.05) is 0 Å². The van der Waals surface area contributed by atoms with Crippen LogP contribution in [0.2, 0.25) is 0 Å². The van der Waals surface area contributed by atoms with E-state index < -0.39 is 0 Å². The van der Waals surface area contributed by atoms with Crippen molar-refractivity contribution in [3.63, 3.8) is 0 Å². The summed E-state index contributed by atoms with van der Waals surface area (Å²) in [4.78, 5) is 2.45. The highest BCUT2D eigenvalue weighted by Crippen LogP contribution is 2.45. The summed E-state index contributed by atoms with van der Waals surface area (Å²) in [5.74, 6) is 0.320. The summed E-state index contributed by atoms with van der Waals surface area (Å²) in [6, 6.07) is 53.5. The van der Waals surface area contributed by atoms with Crippen LogP contribution in [0.1, 0.15) is 61.3 Å². The summed E-state index contributed by atoms with van der Waals surface area (Å²) >= 11 is 0. The van der Waals surface area contributed by atoms with Gasteiger partial charge in [0.15, 0.2) is 0 Å². The minimum atomic E-state index is 0.320. The molecule has 1 aliphatic rings. The molecule has 230 valence electrons. The molecule has 0 amide bonds. The third-order valence-electron chi connectivity index (χ3n) is 9.84. The quantitative estimate of drug-likeness (QED) is 0.175. The highest BCUT2D eigenvalue weighted by atomic mass is 15.1. The molecule has 2 nitrogen and oxygen atoms in total. The molecule has 0 aliphatic heterocycles. The van der Waals surface area contributed by atoms with Gasteiger partial charge in [0.2, 0.25) is 0 Å². The molecule has 1 saturated carbocycles. The molecule has 1 aromatic heterocycles. The Kier molecular flexibility index (Phi) is 7.50. The Bertz CT molecular complexity index is 2230. The van der Waals surface area contributed by atoms with E-state index >= 15 is 0 Å². The minimum Gasteiger partial charge on any atom is -0.310 e. The highest BCUT2D eigenvalue weighted by Gasteiger charge is 2.23. The number of benzene rings is 6. The van der Waals surface area contributed by atoms with Gasteiger partial charge in [-0.25, -0.2) is 0 Å². The fraction of sp³-hybridized carbons (Fsp3) is 0.156. The van der Waals surface area contributed by atoms with E-state index in [4.69, 9.17) is 0 Å². The van der Waals surface area contributed by atoms with Crippen LogP contribution in [-0.4, -0.2) is 4.57 Å². The summed E-state index contributed by atoms with van der Waals surface area (Å²) in [5, 5.41) is 2.53. The van der Waals surface area contributed by atoms with Crippen LogP contribution in [0.3, 0.4) is 0 Å². The Hall–Kier alpha value is -5.34. The van der Waals surface area contributed by atoms with E-state index in [1.165, 1.54) is 86.0 Å². The van der Waals surface area contributed by atoms with Crippen LogP contribution in [-0.2, 0) is 0 Å². The van der Waals surface area contributed by atoms with Crippen molar-refractivity contribution < 1.29 is 0 Å². The Morgan fingerprint density at radius 2 is 1.23 bits per heavy atom. The van der Waals surface area contributed by atoms with E-state index in [0.717, 1.165) is 5.69 Å². The third-order valence-corrected chi connectivity index (χ3v) is 9.84. The smallest absolute Gasteiger partial charge is 0.0545 e. The predicted molar refractivity (Wildman–Crippen MR) is 201 cm³/mol. The standard InChI is InChI=1S/C45H40N2/c1-31(2)39-29-44-40(30-43(39)46(36-20-8-5-9-21-36)41-23-12-10-15-32(41)3)38-22-11-13-24-42(38)47(44)37-27-25-35(26-28-37)45(34-18-14-19-34)33-16-6-4-7-17-33/h4-13,15-17,20-31H,14,18-19H2,1-3H3. The van der Waals surface area contributed by atoms with Gasteiger partial charge in [0.1, 0.15) is 0 Å². The number of allylic oxidation sites excluding steroid dienone is 1. The minimum absolute atomic E-state index is 0.320. The first-order valence-electron chi connectivity index (χ1n) is 16.9. The number of hydrogen-bond donors (Lipinski definition) is 0. The van der Waals surface area contributed by atoms with Crippen LogP contribution in [0.15, 0.2) is 151 Å². The predicted octanol–water partition coefficient (Wildman–Crippen LogP) is 12.7. The van der Waals surface area contributed by atoms with Crippen LogP contribution in [0.5, 0.6) is 0 Å². The van der Waals surface area contributed by atoms with Crippen LogP contribution in [0, 0.1) is 6.92 Å². The third kappa shape index (κ3) is 5.15. The molecule has 0 N–H and O–H groups in total. The second-order valence-electron chi connectivity index (χ2n) is 13.1. The van der Waals surface area contributed by atoms with Crippen LogP contribution < -0.4 is 4.90 Å². The molecule has 1 heterocycles. The van der Waals surface area contributed by atoms with E-state index in [-0.39, 0.29) is 0 Å². The Morgan fingerprint density at radius 3 is 1.91 bits per heavy atom. The van der Waals surface area contributed by atoms with Gasteiger partial charge in [0.25, 0.3) is 0 Å². The molecule has 47 heavy (non-hydrogen) atoms. The van der Waals surface area contributed by atoms with Crippen molar-refractivity contribution in [1.29, 1.82) is 0 Å². The van der Waals surface area contributed by atoms with Crippen LogP contribution in [0.25, 0.3) is 33.1 Å². The maximum Gasteiger partial charge on any atom is 0.0545 e. The van der Waals surface area contributed by atoms with E-state index in [2.05, 4.69) is 176 Å². The lowest BCUT2D eigenvalue weighted by atomic mass is 9.82. The van der Waals surface area contributed by atoms with Crippen molar-refractivity contribution in [2.75, 3.05) is 4.90 Å². The zero-order valence-electron chi connectivity index (χ0n) is 27.4. The van der Waals surface area contributed by atoms with Crippen molar-refractivity contribution in [2.45, 2.75) is 46.0 Å². The molecule has 0 spiro atoms. The van der Waals surface area contributed by atoms with Gasteiger partial charge in [-0.05, 0) is 108 Å². The summed E-state index contributed by atoms with van der Waals surface area (Å²) < 4.78 is 2.46. The number of para-hydroxylation sites is 3.